The highest BCUT2D eigenvalue weighted by molar-refractivity contribution is 7.07. The van der Waals surface area contributed by atoms with E-state index in [1.807, 2.05) is 0 Å². The van der Waals surface area contributed by atoms with Gasteiger partial charge in [-0.05, 0) is 62.2 Å². The SMILES string of the molecule is CC(NCC(C)N1CCCC1)c1ccsc1. The van der Waals surface area contributed by atoms with Crippen LogP contribution in [0.2, 0.25) is 0 Å². The lowest BCUT2D eigenvalue weighted by atomic mass is 10.1. The second-order valence-corrected chi connectivity index (χ2v) is 5.56. The van der Waals surface area contributed by atoms with Crippen molar-refractivity contribution < 1.29 is 0 Å². The van der Waals surface area contributed by atoms with Crippen LogP contribution in [0.4, 0.5) is 0 Å². The standard InChI is InChI=1S/C13H22N2S/c1-11(15-6-3-4-7-15)9-14-12(2)13-5-8-16-10-13/h5,8,10-12,14H,3-4,6-7,9H2,1-2H3. The molecule has 1 saturated heterocycles. The van der Waals surface area contributed by atoms with Crippen molar-refractivity contribution in [3.05, 3.63) is 22.4 Å². The molecule has 3 heteroatoms. The van der Waals surface area contributed by atoms with Crippen molar-refractivity contribution in [3.63, 3.8) is 0 Å². The molecule has 2 nitrogen and oxygen atoms in total. The van der Waals surface area contributed by atoms with Crippen LogP contribution in [0.15, 0.2) is 16.8 Å². The summed E-state index contributed by atoms with van der Waals surface area (Å²) in [6, 6.07) is 3.36. The van der Waals surface area contributed by atoms with Crippen LogP contribution in [0.3, 0.4) is 0 Å². The summed E-state index contributed by atoms with van der Waals surface area (Å²) in [7, 11) is 0. The lowest BCUT2D eigenvalue weighted by molar-refractivity contribution is 0.247. The van der Waals surface area contributed by atoms with E-state index in [9.17, 15) is 0 Å². The Kier molecular flexibility index (Phi) is 4.38. The fourth-order valence-corrected chi connectivity index (χ4v) is 3.05. The predicted octanol–water partition coefficient (Wildman–Crippen LogP) is 2.88. The molecule has 1 aliphatic heterocycles. The number of hydrogen-bond donors (Lipinski definition) is 1. The Labute approximate surface area is 103 Å². The van der Waals surface area contributed by atoms with E-state index in [0.717, 1.165) is 6.54 Å². The molecule has 90 valence electrons. The van der Waals surface area contributed by atoms with Crippen LogP contribution in [0, 0.1) is 0 Å². The molecule has 0 bridgehead atoms. The van der Waals surface area contributed by atoms with Gasteiger partial charge in [-0.3, -0.25) is 4.90 Å². The van der Waals surface area contributed by atoms with Gasteiger partial charge in [0.05, 0.1) is 0 Å². The van der Waals surface area contributed by atoms with E-state index in [1.165, 1.54) is 31.5 Å². The van der Waals surface area contributed by atoms with Crippen molar-refractivity contribution in [3.8, 4) is 0 Å². The normalized spacial score (nSPS) is 21.1. The summed E-state index contributed by atoms with van der Waals surface area (Å²) >= 11 is 1.78. The van der Waals surface area contributed by atoms with Crippen molar-refractivity contribution >= 4 is 11.3 Å². The first kappa shape index (κ1) is 12.1. The molecule has 0 aromatic carbocycles. The van der Waals surface area contributed by atoms with E-state index in [1.54, 1.807) is 11.3 Å². The highest BCUT2D eigenvalue weighted by Gasteiger charge is 2.18. The number of hydrogen-bond acceptors (Lipinski definition) is 3. The maximum atomic E-state index is 3.63. The second-order valence-electron chi connectivity index (χ2n) is 4.78. The molecule has 16 heavy (non-hydrogen) atoms. The topological polar surface area (TPSA) is 15.3 Å². The minimum absolute atomic E-state index is 0.483. The van der Waals surface area contributed by atoms with Gasteiger partial charge >= 0.3 is 0 Å². The average Bonchev–Trinajstić information content (AvgIpc) is 2.95. The second kappa shape index (κ2) is 5.80. The maximum Gasteiger partial charge on any atom is 0.0300 e. The molecule has 0 amide bonds. The number of rotatable bonds is 5. The average molecular weight is 238 g/mol. The van der Waals surface area contributed by atoms with E-state index in [0.29, 0.717) is 12.1 Å². The Morgan fingerprint density at radius 1 is 1.38 bits per heavy atom. The summed E-state index contributed by atoms with van der Waals surface area (Å²) < 4.78 is 0. The number of thiophene rings is 1. The summed E-state index contributed by atoms with van der Waals surface area (Å²) in [5.41, 5.74) is 1.42. The van der Waals surface area contributed by atoms with Crippen LogP contribution in [-0.2, 0) is 0 Å². The number of nitrogens with zero attached hydrogens (tertiary/aromatic N) is 1. The van der Waals surface area contributed by atoms with Gasteiger partial charge < -0.3 is 5.32 Å². The Balaban J connectivity index is 1.74. The largest absolute Gasteiger partial charge is 0.309 e. The molecular formula is C13H22N2S. The minimum Gasteiger partial charge on any atom is -0.309 e. The third kappa shape index (κ3) is 3.06. The zero-order valence-corrected chi connectivity index (χ0v) is 11.1. The molecule has 0 spiro atoms. The minimum atomic E-state index is 0.483. The van der Waals surface area contributed by atoms with Gasteiger partial charge in [0, 0.05) is 18.6 Å². The van der Waals surface area contributed by atoms with Crippen molar-refractivity contribution in [2.24, 2.45) is 0 Å². The van der Waals surface area contributed by atoms with Crippen LogP contribution in [0.5, 0.6) is 0 Å². The van der Waals surface area contributed by atoms with Gasteiger partial charge in [0.1, 0.15) is 0 Å². The summed E-state index contributed by atoms with van der Waals surface area (Å²) in [4.78, 5) is 2.59. The molecule has 2 unspecified atom stereocenters. The Bertz CT molecular complexity index is 291. The third-order valence-electron chi connectivity index (χ3n) is 3.53. The quantitative estimate of drug-likeness (QED) is 0.848. The van der Waals surface area contributed by atoms with Gasteiger partial charge in [-0.2, -0.15) is 11.3 Å². The van der Waals surface area contributed by atoms with E-state index >= 15 is 0 Å². The molecule has 0 aliphatic carbocycles. The van der Waals surface area contributed by atoms with Crippen molar-refractivity contribution in [1.29, 1.82) is 0 Å². The van der Waals surface area contributed by atoms with Crippen LogP contribution in [0.1, 0.15) is 38.3 Å². The Hall–Kier alpha value is -0.380. The lowest BCUT2D eigenvalue weighted by Crippen LogP contribution is -2.39. The van der Waals surface area contributed by atoms with Crippen molar-refractivity contribution in [1.82, 2.24) is 10.2 Å². The van der Waals surface area contributed by atoms with Crippen molar-refractivity contribution in [2.75, 3.05) is 19.6 Å². The van der Waals surface area contributed by atoms with E-state index in [4.69, 9.17) is 0 Å². The molecule has 0 radical (unpaired) electrons. The van der Waals surface area contributed by atoms with Crippen LogP contribution in [-0.4, -0.2) is 30.6 Å². The summed E-state index contributed by atoms with van der Waals surface area (Å²) in [6.45, 7) is 8.25. The molecule has 2 heterocycles. The Morgan fingerprint density at radius 2 is 2.12 bits per heavy atom. The molecule has 1 N–H and O–H groups in total. The molecule has 0 saturated carbocycles. The first-order valence-corrected chi connectivity index (χ1v) is 7.21. The molecule has 1 aliphatic rings. The Morgan fingerprint density at radius 3 is 2.75 bits per heavy atom. The van der Waals surface area contributed by atoms with Gasteiger partial charge in [0.15, 0.2) is 0 Å². The first-order chi connectivity index (χ1) is 7.77. The van der Waals surface area contributed by atoms with E-state index in [2.05, 4.69) is 40.9 Å². The number of nitrogens with one attached hydrogen (secondary N) is 1. The molecule has 2 atom stereocenters. The maximum absolute atomic E-state index is 3.63. The zero-order chi connectivity index (χ0) is 11.4. The fraction of sp³-hybridized carbons (Fsp3) is 0.692. The molecule has 1 aromatic rings. The fourth-order valence-electron chi connectivity index (χ4n) is 2.30. The lowest BCUT2D eigenvalue weighted by Gasteiger charge is -2.25. The summed E-state index contributed by atoms with van der Waals surface area (Å²) in [5, 5.41) is 8.01. The van der Waals surface area contributed by atoms with Gasteiger partial charge in [-0.1, -0.05) is 0 Å². The monoisotopic (exact) mass is 238 g/mol. The first-order valence-electron chi connectivity index (χ1n) is 6.27. The molecule has 2 rings (SSSR count). The van der Waals surface area contributed by atoms with Gasteiger partial charge in [-0.25, -0.2) is 0 Å². The third-order valence-corrected chi connectivity index (χ3v) is 4.23. The van der Waals surface area contributed by atoms with E-state index < -0.39 is 0 Å². The highest BCUT2D eigenvalue weighted by Crippen LogP contribution is 2.16. The van der Waals surface area contributed by atoms with Gasteiger partial charge in [-0.15, -0.1) is 0 Å². The van der Waals surface area contributed by atoms with Gasteiger partial charge in [0.2, 0.25) is 0 Å². The van der Waals surface area contributed by atoms with E-state index in [-0.39, 0.29) is 0 Å². The summed E-state index contributed by atoms with van der Waals surface area (Å²) in [6.07, 6.45) is 2.76. The van der Waals surface area contributed by atoms with Gasteiger partial charge in [0.25, 0.3) is 0 Å². The van der Waals surface area contributed by atoms with Crippen LogP contribution >= 0.6 is 11.3 Å². The molecule has 1 fully saturated rings. The van der Waals surface area contributed by atoms with Crippen molar-refractivity contribution in [2.45, 2.75) is 38.8 Å². The predicted molar refractivity (Wildman–Crippen MR) is 71.0 cm³/mol. The molecule has 1 aromatic heterocycles. The molecular weight excluding hydrogens is 216 g/mol. The highest BCUT2D eigenvalue weighted by atomic mass is 32.1. The summed E-state index contributed by atoms with van der Waals surface area (Å²) in [5.74, 6) is 0. The smallest absolute Gasteiger partial charge is 0.0300 e. The van der Waals surface area contributed by atoms with Crippen LogP contribution in [0.25, 0.3) is 0 Å². The number of likely N-dealkylation sites (tertiary alicyclic amines) is 1. The van der Waals surface area contributed by atoms with Crippen LogP contribution < -0.4 is 5.32 Å². The zero-order valence-electron chi connectivity index (χ0n) is 10.3.